The lowest BCUT2D eigenvalue weighted by Crippen LogP contribution is -2.28. The highest BCUT2D eigenvalue weighted by molar-refractivity contribution is 6.20. The van der Waals surface area contributed by atoms with Gasteiger partial charge in [0.05, 0.1) is 16.4 Å². The first-order valence-electron chi connectivity index (χ1n) is 6.59. The van der Waals surface area contributed by atoms with E-state index in [4.69, 9.17) is 16.6 Å². The van der Waals surface area contributed by atoms with Crippen molar-refractivity contribution in [2.24, 2.45) is 0 Å². The van der Waals surface area contributed by atoms with Crippen molar-refractivity contribution in [3.05, 3.63) is 30.1 Å². The van der Waals surface area contributed by atoms with Gasteiger partial charge < -0.3 is 4.57 Å². The van der Waals surface area contributed by atoms with E-state index in [9.17, 15) is 0 Å². The van der Waals surface area contributed by atoms with E-state index in [0.29, 0.717) is 0 Å². The lowest BCUT2D eigenvalue weighted by atomic mass is 9.97. The Labute approximate surface area is 114 Å². The van der Waals surface area contributed by atoms with Gasteiger partial charge in [-0.15, -0.1) is 11.6 Å². The maximum atomic E-state index is 6.30. The van der Waals surface area contributed by atoms with Crippen LogP contribution in [0.25, 0.3) is 11.0 Å². The normalized spacial score (nSPS) is 14.1. The molecular weight excluding hydrogens is 244 g/mol. The molecule has 0 aliphatic carbocycles. The molecule has 0 bridgehead atoms. The maximum absolute atomic E-state index is 6.30. The van der Waals surface area contributed by atoms with Crippen molar-refractivity contribution in [3.8, 4) is 0 Å². The summed E-state index contributed by atoms with van der Waals surface area (Å²) in [6.45, 7) is 8.72. The first kappa shape index (κ1) is 13.4. The molecule has 2 rings (SSSR count). The molecule has 3 heteroatoms. The van der Waals surface area contributed by atoms with Gasteiger partial charge in [-0.25, -0.2) is 4.98 Å². The molecule has 1 unspecified atom stereocenters. The summed E-state index contributed by atoms with van der Waals surface area (Å²) in [7, 11) is 0. The van der Waals surface area contributed by atoms with Gasteiger partial charge in [-0.1, -0.05) is 25.5 Å². The van der Waals surface area contributed by atoms with E-state index in [2.05, 4.69) is 43.5 Å². The summed E-state index contributed by atoms with van der Waals surface area (Å²) < 4.78 is 2.31. The average Bonchev–Trinajstić information content (AvgIpc) is 2.68. The van der Waals surface area contributed by atoms with Crippen molar-refractivity contribution in [2.75, 3.05) is 0 Å². The molecule has 0 spiro atoms. The van der Waals surface area contributed by atoms with Gasteiger partial charge in [0, 0.05) is 5.54 Å². The highest BCUT2D eigenvalue weighted by Gasteiger charge is 2.26. The Balaban J connectivity index is 2.69. The second-order valence-corrected chi connectivity index (χ2v) is 6.13. The zero-order valence-corrected chi connectivity index (χ0v) is 12.3. The van der Waals surface area contributed by atoms with Gasteiger partial charge in [0.25, 0.3) is 0 Å². The van der Waals surface area contributed by atoms with E-state index in [-0.39, 0.29) is 10.9 Å². The highest BCUT2D eigenvalue weighted by Crippen LogP contribution is 2.33. The largest absolute Gasteiger partial charge is 0.321 e. The van der Waals surface area contributed by atoms with Crippen LogP contribution in [0.3, 0.4) is 0 Å². The lowest BCUT2D eigenvalue weighted by Gasteiger charge is -2.29. The Kier molecular flexibility index (Phi) is 3.67. The predicted molar refractivity (Wildman–Crippen MR) is 78.2 cm³/mol. The van der Waals surface area contributed by atoms with Crippen LogP contribution in [0, 0.1) is 0 Å². The van der Waals surface area contributed by atoms with Gasteiger partial charge in [-0.3, -0.25) is 0 Å². The zero-order chi connectivity index (χ0) is 13.3. The molecule has 0 radical (unpaired) electrons. The predicted octanol–water partition coefficient (Wildman–Crippen LogP) is 4.87. The van der Waals surface area contributed by atoms with Crippen LogP contribution in [0.5, 0.6) is 0 Å². The van der Waals surface area contributed by atoms with Crippen molar-refractivity contribution in [1.29, 1.82) is 0 Å². The number of para-hydroxylation sites is 2. The van der Waals surface area contributed by atoms with Crippen molar-refractivity contribution in [2.45, 2.75) is 51.5 Å². The number of benzene rings is 1. The fourth-order valence-electron chi connectivity index (χ4n) is 2.67. The number of hydrogen-bond acceptors (Lipinski definition) is 1. The maximum Gasteiger partial charge on any atom is 0.128 e. The van der Waals surface area contributed by atoms with Crippen molar-refractivity contribution in [1.82, 2.24) is 9.55 Å². The molecule has 1 aromatic heterocycles. The number of rotatable bonds is 4. The molecule has 0 amide bonds. The number of imidazole rings is 1. The molecule has 0 saturated heterocycles. The summed E-state index contributed by atoms with van der Waals surface area (Å²) in [5, 5.41) is -0.0754. The summed E-state index contributed by atoms with van der Waals surface area (Å²) in [5.41, 5.74) is 2.26. The first-order valence-corrected chi connectivity index (χ1v) is 7.03. The zero-order valence-electron chi connectivity index (χ0n) is 11.6. The van der Waals surface area contributed by atoms with Gasteiger partial charge in [0.2, 0.25) is 0 Å². The van der Waals surface area contributed by atoms with Crippen LogP contribution >= 0.6 is 11.6 Å². The van der Waals surface area contributed by atoms with E-state index in [1.807, 2.05) is 13.0 Å². The molecule has 1 atom stereocenters. The molecule has 1 aromatic carbocycles. The number of alkyl halides is 1. The van der Waals surface area contributed by atoms with E-state index < -0.39 is 0 Å². The van der Waals surface area contributed by atoms with Crippen molar-refractivity contribution >= 4 is 22.6 Å². The number of nitrogens with zero attached hydrogens (tertiary/aromatic N) is 2. The van der Waals surface area contributed by atoms with Gasteiger partial charge in [-0.2, -0.15) is 0 Å². The third-order valence-electron chi connectivity index (χ3n) is 3.41. The molecule has 1 heterocycles. The van der Waals surface area contributed by atoms with Crippen LogP contribution in [0.2, 0.25) is 0 Å². The molecule has 0 saturated carbocycles. The molecule has 98 valence electrons. The third kappa shape index (κ3) is 2.26. The Hall–Kier alpha value is -1.02. The van der Waals surface area contributed by atoms with Crippen LogP contribution in [0.1, 0.15) is 51.7 Å². The Morgan fingerprint density at radius 3 is 2.61 bits per heavy atom. The van der Waals surface area contributed by atoms with Crippen LogP contribution in [-0.4, -0.2) is 9.55 Å². The van der Waals surface area contributed by atoms with E-state index in [0.717, 1.165) is 24.2 Å². The number of fused-ring (bicyclic) bond motifs is 1. The number of hydrogen-bond donors (Lipinski definition) is 0. The Morgan fingerprint density at radius 1 is 1.33 bits per heavy atom. The van der Waals surface area contributed by atoms with Gasteiger partial charge >= 0.3 is 0 Å². The Morgan fingerprint density at radius 2 is 2.00 bits per heavy atom. The molecule has 2 aromatic rings. The molecule has 0 fully saturated rings. The molecule has 18 heavy (non-hydrogen) atoms. The molecular formula is C15H21ClN2. The smallest absolute Gasteiger partial charge is 0.128 e. The van der Waals surface area contributed by atoms with Crippen molar-refractivity contribution in [3.63, 3.8) is 0 Å². The Bertz CT molecular complexity index is 540. The highest BCUT2D eigenvalue weighted by atomic mass is 35.5. The lowest BCUT2D eigenvalue weighted by molar-refractivity contribution is 0.323. The minimum absolute atomic E-state index is 0.0450. The van der Waals surface area contributed by atoms with Crippen LogP contribution in [0.4, 0.5) is 0 Å². The van der Waals surface area contributed by atoms with Crippen LogP contribution < -0.4 is 0 Å². The molecule has 0 N–H and O–H groups in total. The van der Waals surface area contributed by atoms with E-state index in [1.54, 1.807) is 0 Å². The van der Waals surface area contributed by atoms with Crippen LogP contribution in [-0.2, 0) is 5.54 Å². The van der Waals surface area contributed by atoms with Crippen molar-refractivity contribution < 1.29 is 0 Å². The summed E-state index contributed by atoms with van der Waals surface area (Å²) in [6.07, 6.45) is 2.26. The minimum atomic E-state index is -0.0754. The monoisotopic (exact) mass is 264 g/mol. The summed E-state index contributed by atoms with van der Waals surface area (Å²) in [6, 6.07) is 8.26. The van der Waals surface area contributed by atoms with Gasteiger partial charge in [-0.05, 0) is 39.3 Å². The second kappa shape index (κ2) is 4.93. The van der Waals surface area contributed by atoms with Crippen LogP contribution in [0.15, 0.2) is 24.3 Å². The molecule has 0 aliphatic rings. The minimum Gasteiger partial charge on any atom is -0.321 e. The number of aromatic nitrogens is 2. The standard InChI is InChI=1S/C15H21ClN2/c1-5-10-15(3,4)18-13-9-7-6-8-12(13)17-14(18)11(2)16/h6-9,11H,5,10H2,1-4H3. The number of halogens is 1. The van der Waals surface area contributed by atoms with Gasteiger partial charge in [0.1, 0.15) is 5.82 Å². The topological polar surface area (TPSA) is 17.8 Å². The SMILES string of the molecule is CCCC(C)(C)n1c(C(C)Cl)nc2ccccc21. The quantitative estimate of drug-likeness (QED) is 0.721. The second-order valence-electron chi connectivity index (χ2n) is 5.47. The first-order chi connectivity index (χ1) is 8.47. The van der Waals surface area contributed by atoms with Gasteiger partial charge in [0.15, 0.2) is 0 Å². The fraction of sp³-hybridized carbons (Fsp3) is 0.533. The third-order valence-corrected chi connectivity index (χ3v) is 3.60. The molecule has 2 nitrogen and oxygen atoms in total. The fourth-order valence-corrected chi connectivity index (χ4v) is 2.82. The average molecular weight is 265 g/mol. The summed E-state index contributed by atoms with van der Waals surface area (Å²) >= 11 is 6.30. The molecule has 0 aliphatic heterocycles. The summed E-state index contributed by atoms with van der Waals surface area (Å²) in [5.74, 6) is 0.969. The van der Waals surface area contributed by atoms with E-state index >= 15 is 0 Å². The summed E-state index contributed by atoms with van der Waals surface area (Å²) in [4.78, 5) is 4.69. The van der Waals surface area contributed by atoms with E-state index in [1.165, 1.54) is 5.52 Å².